The molecule has 0 rings (SSSR count). The van der Waals surface area contributed by atoms with Crippen LogP contribution >= 0.6 is 0 Å². The van der Waals surface area contributed by atoms with Crippen LogP contribution in [0, 0.1) is 11.8 Å². The number of carbonyl (C=O) groups is 2. The fraction of sp³-hybridized carbons (Fsp3) is 0.500. The van der Waals surface area contributed by atoms with Crippen LogP contribution in [0.3, 0.4) is 0 Å². The first-order valence-corrected chi connectivity index (χ1v) is 3.70. The largest absolute Gasteiger partial charge is 0.456 e. The van der Waals surface area contributed by atoms with Crippen LogP contribution in [0.15, 0.2) is 0 Å². The molecule has 5 nitrogen and oxygen atoms in total. The van der Waals surface area contributed by atoms with E-state index in [1.54, 1.807) is 6.92 Å². The Morgan fingerprint density at radius 2 is 2.08 bits per heavy atom. The fourth-order valence-corrected chi connectivity index (χ4v) is 0.449. The molecule has 1 N–H and O–H groups in total. The van der Waals surface area contributed by atoms with E-state index < -0.39 is 12.1 Å². The Kier molecular flexibility index (Phi) is 6.06. The van der Waals surface area contributed by atoms with Crippen molar-refractivity contribution in [2.75, 3.05) is 20.3 Å². The van der Waals surface area contributed by atoms with Crippen molar-refractivity contribution in [2.24, 2.45) is 0 Å². The zero-order valence-electron chi connectivity index (χ0n) is 7.55. The maximum Gasteiger partial charge on any atom is 0.407 e. The summed E-state index contributed by atoms with van der Waals surface area (Å²) in [5, 5.41) is 2.23. The smallest absolute Gasteiger partial charge is 0.407 e. The van der Waals surface area contributed by atoms with Crippen LogP contribution in [-0.4, -0.2) is 32.3 Å². The summed E-state index contributed by atoms with van der Waals surface area (Å²) in [5.74, 6) is 3.85. The molecular weight excluding hydrogens is 174 g/mol. The standard InChI is InChI=1S/C8H11NO4/c1-3-12-7(10)5-4-6-13-8(11)9-2/h3,6H2,1-2H3,(H,9,11). The molecule has 0 atom stereocenters. The van der Waals surface area contributed by atoms with Gasteiger partial charge in [0.1, 0.15) is 0 Å². The second-order valence-electron chi connectivity index (χ2n) is 1.85. The topological polar surface area (TPSA) is 64.6 Å². The number of hydrogen-bond donors (Lipinski definition) is 1. The van der Waals surface area contributed by atoms with Gasteiger partial charge in [0.2, 0.25) is 0 Å². The number of nitrogens with one attached hydrogen (secondary N) is 1. The van der Waals surface area contributed by atoms with Gasteiger partial charge >= 0.3 is 12.1 Å². The minimum atomic E-state index is -0.622. The van der Waals surface area contributed by atoms with Gasteiger partial charge in [-0.15, -0.1) is 0 Å². The van der Waals surface area contributed by atoms with Gasteiger partial charge in [-0.25, -0.2) is 9.59 Å². The molecule has 0 aliphatic rings. The molecule has 0 spiro atoms. The van der Waals surface area contributed by atoms with E-state index in [1.165, 1.54) is 7.05 Å². The normalized spacial score (nSPS) is 7.85. The van der Waals surface area contributed by atoms with Gasteiger partial charge < -0.3 is 14.8 Å². The number of alkyl carbamates (subject to hydrolysis) is 1. The minimum absolute atomic E-state index is 0.127. The molecule has 0 heterocycles. The fourth-order valence-electron chi connectivity index (χ4n) is 0.449. The van der Waals surface area contributed by atoms with Gasteiger partial charge in [-0.05, 0) is 12.8 Å². The van der Waals surface area contributed by atoms with Gasteiger partial charge in [-0.1, -0.05) is 0 Å². The van der Waals surface area contributed by atoms with Gasteiger partial charge in [0.05, 0.1) is 6.61 Å². The van der Waals surface area contributed by atoms with E-state index in [0.717, 1.165) is 0 Å². The third-order valence-electron chi connectivity index (χ3n) is 0.945. The molecule has 0 fully saturated rings. The Morgan fingerprint density at radius 3 is 2.62 bits per heavy atom. The Labute approximate surface area is 76.4 Å². The highest BCUT2D eigenvalue weighted by Crippen LogP contribution is 1.76. The number of rotatable bonds is 2. The molecule has 13 heavy (non-hydrogen) atoms. The van der Waals surface area contributed by atoms with Crippen LogP contribution in [0.5, 0.6) is 0 Å². The van der Waals surface area contributed by atoms with Crippen molar-refractivity contribution >= 4 is 12.1 Å². The number of amides is 1. The van der Waals surface area contributed by atoms with Crippen LogP contribution in [0.4, 0.5) is 4.79 Å². The molecule has 0 aliphatic heterocycles. The Bertz CT molecular complexity index is 238. The highest BCUT2D eigenvalue weighted by molar-refractivity contribution is 5.88. The van der Waals surface area contributed by atoms with E-state index in [2.05, 4.69) is 26.6 Å². The van der Waals surface area contributed by atoms with E-state index in [-0.39, 0.29) is 13.2 Å². The van der Waals surface area contributed by atoms with Gasteiger partial charge in [0.15, 0.2) is 6.61 Å². The minimum Gasteiger partial charge on any atom is -0.456 e. The molecule has 5 heteroatoms. The van der Waals surface area contributed by atoms with E-state index in [1.807, 2.05) is 0 Å². The predicted octanol–water partition coefficient (Wildman–Crippen LogP) is -0.0911. The zero-order valence-corrected chi connectivity index (χ0v) is 7.55. The van der Waals surface area contributed by atoms with Crippen molar-refractivity contribution in [3.63, 3.8) is 0 Å². The van der Waals surface area contributed by atoms with Crippen molar-refractivity contribution in [1.82, 2.24) is 5.32 Å². The second-order valence-corrected chi connectivity index (χ2v) is 1.85. The third-order valence-corrected chi connectivity index (χ3v) is 0.945. The molecule has 0 aromatic carbocycles. The molecule has 0 saturated carbocycles. The van der Waals surface area contributed by atoms with Crippen molar-refractivity contribution in [3.05, 3.63) is 0 Å². The summed E-state index contributed by atoms with van der Waals surface area (Å²) < 4.78 is 8.99. The Hall–Kier alpha value is -1.70. The first-order chi connectivity index (χ1) is 6.20. The Morgan fingerprint density at radius 1 is 1.38 bits per heavy atom. The van der Waals surface area contributed by atoms with Crippen molar-refractivity contribution in [1.29, 1.82) is 0 Å². The molecule has 0 radical (unpaired) electrons. The Balaban J connectivity index is 3.61. The van der Waals surface area contributed by atoms with E-state index >= 15 is 0 Å². The molecular formula is C8H11NO4. The second kappa shape index (κ2) is 6.98. The first-order valence-electron chi connectivity index (χ1n) is 3.70. The molecule has 1 amide bonds. The lowest BCUT2D eigenvalue weighted by molar-refractivity contribution is -0.136. The lowest BCUT2D eigenvalue weighted by Gasteiger charge is -1.96. The first kappa shape index (κ1) is 11.3. The van der Waals surface area contributed by atoms with E-state index in [0.29, 0.717) is 0 Å². The van der Waals surface area contributed by atoms with Gasteiger partial charge in [0.25, 0.3) is 0 Å². The van der Waals surface area contributed by atoms with Gasteiger partial charge in [-0.2, -0.15) is 0 Å². The maximum atomic E-state index is 10.6. The highest BCUT2D eigenvalue weighted by Gasteiger charge is 1.94. The van der Waals surface area contributed by atoms with E-state index in [4.69, 9.17) is 0 Å². The predicted molar refractivity (Wildman–Crippen MR) is 44.8 cm³/mol. The number of ether oxygens (including phenoxy) is 2. The number of hydrogen-bond acceptors (Lipinski definition) is 4. The van der Waals surface area contributed by atoms with E-state index in [9.17, 15) is 9.59 Å². The molecule has 0 saturated heterocycles. The summed E-state index contributed by atoms with van der Waals surface area (Å²) in [6.45, 7) is 1.84. The molecule has 0 aromatic rings. The number of esters is 1. The van der Waals surface area contributed by atoms with Crippen LogP contribution in [0.25, 0.3) is 0 Å². The molecule has 0 aromatic heterocycles. The summed E-state index contributed by atoms with van der Waals surface area (Å²) >= 11 is 0. The van der Waals surface area contributed by atoms with Crippen molar-refractivity contribution in [2.45, 2.75) is 6.92 Å². The van der Waals surface area contributed by atoms with Gasteiger partial charge in [0, 0.05) is 13.0 Å². The van der Waals surface area contributed by atoms with Crippen LogP contribution < -0.4 is 5.32 Å². The van der Waals surface area contributed by atoms with Crippen LogP contribution in [-0.2, 0) is 14.3 Å². The number of carbonyl (C=O) groups excluding carboxylic acids is 2. The summed E-state index contributed by atoms with van der Waals surface area (Å²) in [6, 6.07) is 0. The lowest BCUT2D eigenvalue weighted by Crippen LogP contribution is -2.19. The van der Waals surface area contributed by atoms with Crippen LogP contribution in [0.2, 0.25) is 0 Å². The highest BCUT2D eigenvalue weighted by atomic mass is 16.5. The lowest BCUT2D eigenvalue weighted by atomic mass is 10.6. The zero-order chi connectivity index (χ0) is 10.1. The van der Waals surface area contributed by atoms with Crippen LogP contribution in [0.1, 0.15) is 6.92 Å². The third kappa shape index (κ3) is 6.69. The summed E-state index contributed by atoms with van der Waals surface area (Å²) in [5.41, 5.74) is 0. The molecule has 72 valence electrons. The molecule has 0 bridgehead atoms. The summed E-state index contributed by atoms with van der Waals surface area (Å²) in [4.78, 5) is 21.1. The monoisotopic (exact) mass is 185 g/mol. The molecule has 0 aliphatic carbocycles. The molecule has 0 unspecified atom stereocenters. The summed E-state index contributed by atoms with van der Waals surface area (Å²) in [6.07, 6.45) is -0.585. The quantitative estimate of drug-likeness (QED) is 0.371. The maximum absolute atomic E-state index is 10.6. The van der Waals surface area contributed by atoms with Crippen molar-refractivity contribution in [3.8, 4) is 11.8 Å². The average molecular weight is 185 g/mol. The SMILES string of the molecule is CCOC(=O)C#CCOC(=O)NC. The average Bonchev–Trinajstić information content (AvgIpc) is 2.12. The summed E-state index contributed by atoms with van der Waals surface area (Å²) in [7, 11) is 1.43. The van der Waals surface area contributed by atoms with Crippen molar-refractivity contribution < 1.29 is 19.1 Å². The van der Waals surface area contributed by atoms with Gasteiger partial charge in [-0.3, -0.25) is 0 Å².